The van der Waals surface area contributed by atoms with Crippen molar-refractivity contribution in [1.29, 1.82) is 0 Å². The number of halogens is 4. The minimum atomic E-state index is -4.97. The predicted molar refractivity (Wildman–Crippen MR) is 82.4 cm³/mol. The highest BCUT2D eigenvalue weighted by Crippen LogP contribution is 2.32. The summed E-state index contributed by atoms with van der Waals surface area (Å²) in [5.41, 5.74) is 1.25. The van der Waals surface area contributed by atoms with Gasteiger partial charge in [-0.05, 0) is 34.9 Å². The maximum Gasteiger partial charge on any atom is 0.419 e. The van der Waals surface area contributed by atoms with Crippen LogP contribution < -0.4 is 10.0 Å². The zero-order valence-corrected chi connectivity index (χ0v) is 13.6. The molecule has 25 heavy (non-hydrogen) atoms. The topological polar surface area (TPSA) is 58.2 Å². The minimum Gasteiger partial charge on any atom is -0.309 e. The third-order valence-electron chi connectivity index (χ3n) is 3.92. The summed E-state index contributed by atoms with van der Waals surface area (Å²) in [5, 5.41) is 3.16. The minimum absolute atomic E-state index is 0.0751. The molecular formula is C16H14F4N2O2S. The van der Waals surface area contributed by atoms with Gasteiger partial charge >= 0.3 is 6.18 Å². The second-order valence-electron chi connectivity index (χ2n) is 5.67. The molecule has 0 aliphatic carbocycles. The Morgan fingerprint density at radius 1 is 1.04 bits per heavy atom. The SMILES string of the molecule is O=S(=O)(NCc1ccc2c(c1)CNC2)c1ccc(F)c(C(F)(F)F)c1. The van der Waals surface area contributed by atoms with Crippen LogP contribution in [0.4, 0.5) is 17.6 Å². The molecule has 1 heterocycles. The molecule has 1 aliphatic heterocycles. The first-order chi connectivity index (χ1) is 11.7. The Hall–Kier alpha value is -1.97. The number of benzene rings is 2. The molecule has 0 amide bonds. The number of sulfonamides is 1. The fraction of sp³-hybridized carbons (Fsp3) is 0.250. The molecule has 0 unspecified atom stereocenters. The van der Waals surface area contributed by atoms with Gasteiger partial charge in [-0.2, -0.15) is 13.2 Å². The van der Waals surface area contributed by atoms with E-state index in [1.54, 1.807) is 6.07 Å². The fourth-order valence-electron chi connectivity index (χ4n) is 2.61. The summed E-state index contributed by atoms with van der Waals surface area (Å²) in [4.78, 5) is -0.635. The molecule has 2 aromatic carbocycles. The normalized spacial score (nSPS) is 14.6. The Labute approximate surface area is 141 Å². The van der Waals surface area contributed by atoms with E-state index in [1.807, 2.05) is 12.1 Å². The van der Waals surface area contributed by atoms with E-state index in [-0.39, 0.29) is 6.54 Å². The van der Waals surface area contributed by atoms with Crippen LogP contribution in [0.1, 0.15) is 22.3 Å². The van der Waals surface area contributed by atoms with Gasteiger partial charge in [0.1, 0.15) is 5.82 Å². The maximum atomic E-state index is 13.3. The summed E-state index contributed by atoms with van der Waals surface area (Å²) in [6.07, 6.45) is -4.97. The van der Waals surface area contributed by atoms with Gasteiger partial charge in [-0.25, -0.2) is 17.5 Å². The first-order valence-electron chi connectivity index (χ1n) is 7.34. The number of fused-ring (bicyclic) bond motifs is 1. The van der Waals surface area contributed by atoms with Gasteiger partial charge in [0, 0.05) is 19.6 Å². The standard InChI is InChI=1S/C16H14F4N2O2S/c17-15-4-3-13(6-14(15)16(18,19)20)25(23,24)22-7-10-1-2-11-8-21-9-12(11)5-10/h1-6,21-22H,7-9H2. The van der Waals surface area contributed by atoms with E-state index in [0.717, 1.165) is 23.7 Å². The average Bonchev–Trinajstić information content (AvgIpc) is 2.99. The van der Waals surface area contributed by atoms with Crippen molar-refractivity contribution >= 4 is 10.0 Å². The molecule has 134 valence electrons. The Morgan fingerprint density at radius 3 is 2.48 bits per heavy atom. The lowest BCUT2D eigenvalue weighted by Crippen LogP contribution is -2.24. The monoisotopic (exact) mass is 374 g/mol. The molecule has 9 heteroatoms. The number of alkyl halides is 3. The summed E-state index contributed by atoms with van der Waals surface area (Å²) < 4.78 is 78.2. The number of hydrogen-bond donors (Lipinski definition) is 2. The van der Waals surface area contributed by atoms with Crippen LogP contribution in [0.5, 0.6) is 0 Å². The van der Waals surface area contributed by atoms with Crippen molar-refractivity contribution in [3.8, 4) is 0 Å². The van der Waals surface area contributed by atoms with Crippen LogP contribution in [0.15, 0.2) is 41.3 Å². The highest BCUT2D eigenvalue weighted by molar-refractivity contribution is 7.89. The van der Waals surface area contributed by atoms with Gasteiger partial charge in [-0.1, -0.05) is 18.2 Å². The van der Waals surface area contributed by atoms with Gasteiger partial charge in [-0.15, -0.1) is 0 Å². The van der Waals surface area contributed by atoms with Gasteiger partial charge < -0.3 is 5.32 Å². The molecule has 1 aliphatic rings. The van der Waals surface area contributed by atoms with Crippen LogP contribution >= 0.6 is 0 Å². The largest absolute Gasteiger partial charge is 0.419 e. The average molecular weight is 374 g/mol. The van der Waals surface area contributed by atoms with Gasteiger partial charge in [0.15, 0.2) is 0 Å². The first-order valence-corrected chi connectivity index (χ1v) is 8.83. The highest BCUT2D eigenvalue weighted by Gasteiger charge is 2.35. The number of rotatable bonds is 4. The van der Waals surface area contributed by atoms with Crippen molar-refractivity contribution < 1.29 is 26.0 Å². The van der Waals surface area contributed by atoms with Crippen LogP contribution in [-0.4, -0.2) is 8.42 Å². The van der Waals surface area contributed by atoms with Crippen molar-refractivity contribution in [2.24, 2.45) is 0 Å². The molecule has 0 fully saturated rings. The van der Waals surface area contributed by atoms with Gasteiger partial charge in [0.2, 0.25) is 10.0 Å². The Kier molecular flexibility index (Phi) is 4.56. The van der Waals surface area contributed by atoms with Crippen molar-refractivity contribution in [2.45, 2.75) is 30.7 Å². The molecule has 2 N–H and O–H groups in total. The molecule has 0 radical (unpaired) electrons. The zero-order valence-electron chi connectivity index (χ0n) is 12.8. The van der Waals surface area contributed by atoms with E-state index < -0.39 is 32.5 Å². The van der Waals surface area contributed by atoms with E-state index in [9.17, 15) is 26.0 Å². The number of nitrogens with one attached hydrogen (secondary N) is 2. The Balaban J connectivity index is 1.80. The Bertz CT molecular complexity index is 911. The number of hydrogen-bond acceptors (Lipinski definition) is 3. The lowest BCUT2D eigenvalue weighted by molar-refractivity contribution is -0.140. The summed E-state index contributed by atoms with van der Waals surface area (Å²) in [6, 6.07) is 7.06. The van der Waals surface area contributed by atoms with Crippen LogP contribution in [0.3, 0.4) is 0 Å². The molecule has 0 bridgehead atoms. The smallest absolute Gasteiger partial charge is 0.309 e. The summed E-state index contributed by atoms with van der Waals surface area (Å²) in [6.45, 7) is 1.36. The van der Waals surface area contributed by atoms with E-state index in [2.05, 4.69) is 10.0 Å². The second-order valence-corrected chi connectivity index (χ2v) is 7.44. The molecule has 2 aromatic rings. The van der Waals surface area contributed by atoms with Crippen molar-refractivity contribution in [1.82, 2.24) is 10.0 Å². The van der Waals surface area contributed by atoms with Crippen LogP contribution in [0.2, 0.25) is 0 Å². The van der Waals surface area contributed by atoms with Crippen molar-refractivity contribution in [3.63, 3.8) is 0 Å². The van der Waals surface area contributed by atoms with Crippen LogP contribution in [-0.2, 0) is 35.8 Å². The third-order valence-corrected chi connectivity index (χ3v) is 5.32. The molecule has 0 saturated heterocycles. The van der Waals surface area contributed by atoms with Gasteiger partial charge in [0.25, 0.3) is 0 Å². The van der Waals surface area contributed by atoms with Crippen LogP contribution in [0.25, 0.3) is 0 Å². The van der Waals surface area contributed by atoms with E-state index in [0.29, 0.717) is 24.2 Å². The maximum absolute atomic E-state index is 13.3. The molecule has 0 atom stereocenters. The van der Waals surface area contributed by atoms with Gasteiger partial charge in [-0.3, -0.25) is 0 Å². The Morgan fingerprint density at radius 2 is 1.76 bits per heavy atom. The predicted octanol–water partition coefficient (Wildman–Crippen LogP) is 2.93. The molecular weight excluding hydrogens is 360 g/mol. The fourth-order valence-corrected chi connectivity index (χ4v) is 3.65. The van der Waals surface area contributed by atoms with E-state index >= 15 is 0 Å². The van der Waals surface area contributed by atoms with Gasteiger partial charge in [0.05, 0.1) is 10.5 Å². The lowest BCUT2D eigenvalue weighted by atomic mass is 10.1. The first kappa shape index (κ1) is 17.8. The zero-order chi connectivity index (χ0) is 18.2. The van der Waals surface area contributed by atoms with E-state index in [4.69, 9.17) is 0 Å². The third kappa shape index (κ3) is 3.83. The summed E-state index contributed by atoms with van der Waals surface area (Å²) >= 11 is 0. The second kappa shape index (κ2) is 6.40. The molecule has 0 aromatic heterocycles. The molecule has 3 rings (SSSR count). The van der Waals surface area contributed by atoms with Crippen molar-refractivity contribution in [2.75, 3.05) is 0 Å². The van der Waals surface area contributed by atoms with Crippen LogP contribution in [0, 0.1) is 5.82 Å². The molecule has 4 nitrogen and oxygen atoms in total. The van der Waals surface area contributed by atoms with Crippen molar-refractivity contribution in [3.05, 3.63) is 64.5 Å². The summed E-state index contributed by atoms with van der Waals surface area (Å²) in [5.74, 6) is -1.52. The molecule has 0 saturated carbocycles. The summed E-state index contributed by atoms with van der Waals surface area (Å²) in [7, 11) is -4.20. The lowest BCUT2D eigenvalue weighted by Gasteiger charge is -2.12. The quantitative estimate of drug-likeness (QED) is 0.809. The highest BCUT2D eigenvalue weighted by atomic mass is 32.2. The van der Waals surface area contributed by atoms with E-state index in [1.165, 1.54) is 0 Å². The molecule has 0 spiro atoms.